The number of hydrogen-bond donors (Lipinski definition) is 0. The maximum absolute atomic E-state index is 12.9. The van der Waals surface area contributed by atoms with Gasteiger partial charge in [0.1, 0.15) is 5.75 Å². The largest absolute Gasteiger partial charge is 0.497 e. The first-order valence-electron chi connectivity index (χ1n) is 8.17. The van der Waals surface area contributed by atoms with Crippen LogP contribution in [0.15, 0.2) is 36.4 Å². The van der Waals surface area contributed by atoms with E-state index in [1.54, 1.807) is 7.11 Å². The number of carbonyl (C=O) groups excluding carboxylic acids is 1. The first kappa shape index (κ1) is 14.9. The van der Waals surface area contributed by atoms with E-state index in [4.69, 9.17) is 4.74 Å². The van der Waals surface area contributed by atoms with Gasteiger partial charge in [0.15, 0.2) is 5.78 Å². The number of methoxy groups -OCH3 is 1. The van der Waals surface area contributed by atoms with E-state index >= 15 is 0 Å². The molecular formula is C19H20O3S. The van der Waals surface area contributed by atoms with E-state index in [1.165, 1.54) is 0 Å². The van der Waals surface area contributed by atoms with Crippen molar-refractivity contribution in [2.45, 2.75) is 36.2 Å². The van der Waals surface area contributed by atoms with Gasteiger partial charge in [-0.1, -0.05) is 18.2 Å². The van der Waals surface area contributed by atoms with Gasteiger partial charge in [-0.3, -0.25) is 9.00 Å². The Balaban J connectivity index is 1.61. The zero-order valence-electron chi connectivity index (χ0n) is 13.2. The molecule has 2 aliphatic heterocycles. The van der Waals surface area contributed by atoms with Gasteiger partial charge in [-0.15, -0.1) is 0 Å². The first-order valence-corrected chi connectivity index (χ1v) is 9.44. The molecule has 2 aromatic rings. The molecule has 2 aliphatic rings. The van der Waals surface area contributed by atoms with Crippen molar-refractivity contribution >= 4 is 27.4 Å². The quantitative estimate of drug-likeness (QED) is 0.807. The second-order valence-electron chi connectivity index (χ2n) is 6.61. The minimum atomic E-state index is -0.704. The predicted octanol–water partition coefficient (Wildman–Crippen LogP) is 3.72. The third-order valence-electron chi connectivity index (χ3n) is 5.27. The molecule has 0 spiro atoms. The Hall–Kier alpha value is -1.68. The Kier molecular flexibility index (Phi) is 3.72. The normalized spacial score (nSPS) is 29.6. The van der Waals surface area contributed by atoms with Gasteiger partial charge in [0.05, 0.1) is 7.11 Å². The lowest BCUT2D eigenvalue weighted by Gasteiger charge is -2.26. The summed E-state index contributed by atoms with van der Waals surface area (Å²) >= 11 is 0. The molecule has 4 rings (SSSR count). The minimum absolute atomic E-state index is 0.0425. The van der Waals surface area contributed by atoms with Gasteiger partial charge < -0.3 is 4.74 Å². The van der Waals surface area contributed by atoms with Crippen molar-refractivity contribution < 1.29 is 13.7 Å². The van der Waals surface area contributed by atoms with Crippen molar-refractivity contribution in [2.75, 3.05) is 7.11 Å². The van der Waals surface area contributed by atoms with Gasteiger partial charge in [0.25, 0.3) is 0 Å². The minimum Gasteiger partial charge on any atom is -0.497 e. The lowest BCUT2D eigenvalue weighted by atomic mass is 9.89. The predicted molar refractivity (Wildman–Crippen MR) is 92.5 cm³/mol. The molecule has 23 heavy (non-hydrogen) atoms. The second kappa shape index (κ2) is 5.75. The molecule has 4 heteroatoms. The third kappa shape index (κ3) is 2.59. The first-order chi connectivity index (χ1) is 11.2. The highest BCUT2D eigenvalue weighted by Gasteiger charge is 2.42. The lowest BCUT2D eigenvalue weighted by Crippen LogP contribution is -2.32. The molecule has 0 N–H and O–H groups in total. The standard InChI is InChI=1S/C19H20O3S/c1-22-16-5-4-12-8-14(3-2-13(12)9-16)19(20)15-10-17-6-7-18(11-15)23(17)21/h2-5,8-9,15,17-18H,6-7,10-11H2,1H3. The van der Waals surface area contributed by atoms with Gasteiger partial charge in [-0.25, -0.2) is 0 Å². The molecule has 0 aromatic heterocycles. The molecule has 3 nitrogen and oxygen atoms in total. The van der Waals surface area contributed by atoms with Crippen LogP contribution in [0.1, 0.15) is 36.0 Å². The molecule has 2 saturated heterocycles. The Morgan fingerprint density at radius 1 is 1.04 bits per heavy atom. The van der Waals surface area contributed by atoms with Gasteiger partial charge in [-0.05, 0) is 54.7 Å². The van der Waals surface area contributed by atoms with E-state index < -0.39 is 10.8 Å². The summed E-state index contributed by atoms with van der Waals surface area (Å²) in [6.07, 6.45) is 3.64. The molecule has 2 bridgehead atoms. The molecule has 2 fully saturated rings. The van der Waals surface area contributed by atoms with Crippen molar-refractivity contribution in [1.82, 2.24) is 0 Å². The smallest absolute Gasteiger partial charge is 0.166 e. The van der Waals surface area contributed by atoms with Gasteiger partial charge in [0.2, 0.25) is 0 Å². The maximum Gasteiger partial charge on any atom is 0.166 e. The van der Waals surface area contributed by atoms with E-state index in [9.17, 15) is 9.00 Å². The summed E-state index contributed by atoms with van der Waals surface area (Å²) in [6, 6.07) is 11.8. The van der Waals surface area contributed by atoms with E-state index in [0.717, 1.165) is 47.8 Å². The summed E-state index contributed by atoms with van der Waals surface area (Å²) in [5.41, 5.74) is 0.778. The van der Waals surface area contributed by atoms with E-state index in [-0.39, 0.29) is 22.2 Å². The van der Waals surface area contributed by atoms with Crippen LogP contribution in [-0.2, 0) is 10.8 Å². The molecule has 0 radical (unpaired) electrons. The number of rotatable bonds is 3. The monoisotopic (exact) mass is 328 g/mol. The highest BCUT2D eigenvalue weighted by Crippen LogP contribution is 2.40. The fraction of sp³-hybridized carbons (Fsp3) is 0.421. The van der Waals surface area contributed by atoms with Crippen LogP contribution in [-0.4, -0.2) is 27.6 Å². The van der Waals surface area contributed by atoms with Crippen molar-refractivity contribution in [2.24, 2.45) is 5.92 Å². The highest BCUT2D eigenvalue weighted by atomic mass is 32.2. The number of hydrogen-bond acceptors (Lipinski definition) is 3. The molecule has 120 valence electrons. The Bertz CT molecular complexity index is 782. The van der Waals surface area contributed by atoms with Crippen LogP contribution in [0, 0.1) is 5.92 Å². The third-order valence-corrected chi connectivity index (χ3v) is 7.44. The van der Waals surface area contributed by atoms with Crippen LogP contribution in [0.2, 0.25) is 0 Å². The topological polar surface area (TPSA) is 43.4 Å². The van der Waals surface area contributed by atoms with Gasteiger partial charge in [0, 0.05) is 32.8 Å². The molecule has 2 atom stereocenters. The van der Waals surface area contributed by atoms with Crippen molar-refractivity contribution in [3.05, 3.63) is 42.0 Å². The van der Waals surface area contributed by atoms with Crippen LogP contribution < -0.4 is 4.74 Å². The van der Waals surface area contributed by atoms with Crippen LogP contribution in [0.5, 0.6) is 5.75 Å². The van der Waals surface area contributed by atoms with Crippen LogP contribution in [0.4, 0.5) is 0 Å². The highest BCUT2D eigenvalue weighted by molar-refractivity contribution is 7.86. The van der Waals surface area contributed by atoms with Crippen molar-refractivity contribution in [3.8, 4) is 5.75 Å². The van der Waals surface area contributed by atoms with Crippen LogP contribution >= 0.6 is 0 Å². The van der Waals surface area contributed by atoms with Gasteiger partial charge in [-0.2, -0.15) is 0 Å². The van der Waals surface area contributed by atoms with Crippen LogP contribution in [0.3, 0.4) is 0 Å². The number of carbonyl (C=O) groups is 1. The Morgan fingerprint density at radius 3 is 2.39 bits per heavy atom. The van der Waals surface area contributed by atoms with E-state index in [2.05, 4.69) is 0 Å². The number of ether oxygens (including phenoxy) is 1. The molecule has 2 unspecified atom stereocenters. The summed E-state index contributed by atoms with van der Waals surface area (Å²) < 4.78 is 17.4. The number of Topliss-reactive ketones (excluding diaryl/α,β-unsaturated/α-hetero) is 1. The molecule has 0 amide bonds. The molecule has 2 heterocycles. The summed E-state index contributed by atoms with van der Waals surface area (Å²) in [4.78, 5) is 12.9. The molecular weight excluding hydrogens is 308 g/mol. The fourth-order valence-corrected chi connectivity index (χ4v) is 6.11. The zero-order valence-corrected chi connectivity index (χ0v) is 14.0. The van der Waals surface area contributed by atoms with Gasteiger partial charge >= 0.3 is 0 Å². The number of fused-ring (bicyclic) bond motifs is 3. The van der Waals surface area contributed by atoms with E-state index in [1.807, 2.05) is 36.4 Å². The number of benzene rings is 2. The van der Waals surface area contributed by atoms with Crippen molar-refractivity contribution in [3.63, 3.8) is 0 Å². The zero-order chi connectivity index (χ0) is 16.0. The average Bonchev–Trinajstić information content (AvgIpc) is 2.80. The summed E-state index contributed by atoms with van der Waals surface area (Å²) in [6.45, 7) is 0. The second-order valence-corrected chi connectivity index (χ2v) is 8.60. The molecule has 0 aliphatic carbocycles. The summed E-state index contributed by atoms with van der Waals surface area (Å²) in [5, 5.41) is 2.62. The Morgan fingerprint density at radius 2 is 1.70 bits per heavy atom. The summed E-state index contributed by atoms with van der Waals surface area (Å²) in [5.74, 6) is 1.08. The fourth-order valence-electron chi connectivity index (χ4n) is 3.99. The number of ketones is 1. The molecule has 2 aromatic carbocycles. The summed E-state index contributed by atoms with van der Waals surface area (Å²) in [7, 11) is 0.949. The van der Waals surface area contributed by atoms with Crippen molar-refractivity contribution in [1.29, 1.82) is 0 Å². The molecule has 0 saturated carbocycles. The SMILES string of the molecule is COc1ccc2cc(C(=O)C3CC4CCC(C3)S4=O)ccc2c1. The van der Waals surface area contributed by atoms with Crippen LogP contribution in [0.25, 0.3) is 10.8 Å². The maximum atomic E-state index is 12.9. The van der Waals surface area contributed by atoms with E-state index in [0.29, 0.717) is 0 Å². The Labute approximate surface area is 138 Å². The lowest BCUT2D eigenvalue weighted by molar-refractivity contribution is 0.0906. The average molecular weight is 328 g/mol.